The maximum absolute atomic E-state index is 12.1. The molecule has 0 bridgehead atoms. The Kier molecular flexibility index (Phi) is 6.44. The summed E-state index contributed by atoms with van der Waals surface area (Å²) < 4.78 is 5.29. The van der Waals surface area contributed by atoms with E-state index in [4.69, 9.17) is 4.74 Å². The van der Waals surface area contributed by atoms with Gasteiger partial charge in [0.1, 0.15) is 0 Å². The molecule has 100 valence electrons. The Morgan fingerprint density at radius 1 is 1.22 bits per heavy atom. The molecule has 1 rings (SSSR count). The summed E-state index contributed by atoms with van der Waals surface area (Å²) in [6.07, 6.45) is 1.65. The first-order valence-electron chi connectivity index (χ1n) is 6.58. The van der Waals surface area contributed by atoms with Gasteiger partial charge < -0.3 is 10.1 Å². The van der Waals surface area contributed by atoms with Crippen LogP contribution < -0.4 is 5.32 Å². The van der Waals surface area contributed by atoms with Crippen molar-refractivity contribution in [3.05, 3.63) is 35.9 Å². The molecule has 1 aromatic rings. The van der Waals surface area contributed by atoms with Gasteiger partial charge >= 0.3 is 0 Å². The van der Waals surface area contributed by atoms with Gasteiger partial charge in [-0.05, 0) is 11.5 Å². The van der Waals surface area contributed by atoms with Crippen LogP contribution in [0.15, 0.2) is 30.3 Å². The summed E-state index contributed by atoms with van der Waals surface area (Å²) in [5.41, 5.74) is 0.891. The Balaban J connectivity index is 2.58. The van der Waals surface area contributed by atoms with Crippen LogP contribution in [0, 0.1) is 5.92 Å². The second-order valence-electron chi connectivity index (χ2n) is 4.45. The Morgan fingerprint density at radius 3 is 2.33 bits per heavy atom. The van der Waals surface area contributed by atoms with Gasteiger partial charge in [0.2, 0.25) is 0 Å². The van der Waals surface area contributed by atoms with Crippen LogP contribution in [0.2, 0.25) is 0 Å². The molecule has 1 N–H and O–H groups in total. The molecule has 0 aliphatic carbocycles. The number of benzene rings is 1. The Labute approximate surface area is 110 Å². The lowest BCUT2D eigenvalue weighted by Gasteiger charge is -2.18. The van der Waals surface area contributed by atoms with Gasteiger partial charge in [-0.15, -0.1) is 0 Å². The van der Waals surface area contributed by atoms with Crippen LogP contribution in [0.25, 0.3) is 0 Å². The van der Waals surface area contributed by atoms with Gasteiger partial charge in [0, 0.05) is 13.7 Å². The molecule has 0 saturated heterocycles. The fourth-order valence-electron chi connectivity index (χ4n) is 1.94. The van der Waals surface area contributed by atoms with E-state index in [0.717, 1.165) is 24.9 Å². The van der Waals surface area contributed by atoms with E-state index >= 15 is 0 Å². The zero-order valence-corrected chi connectivity index (χ0v) is 11.5. The fourth-order valence-corrected chi connectivity index (χ4v) is 1.94. The first-order chi connectivity index (χ1) is 8.72. The third kappa shape index (κ3) is 4.15. The van der Waals surface area contributed by atoms with Crippen molar-refractivity contribution in [1.29, 1.82) is 0 Å². The Hall–Kier alpha value is -1.35. The number of carbonyl (C=O) groups excluding carboxylic acids is 1. The number of hydrogen-bond donors (Lipinski definition) is 1. The number of hydrogen-bond acceptors (Lipinski definition) is 2. The van der Waals surface area contributed by atoms with Crippen molar-refractivity contribution in [2.75, 3.05) is 13.7 Å². The van der Waals surface area contributed by atoms with Crippen LogP contribution in [-0.2, 0) is 9.53 Å². The highest BCUT2D eigenvalue weighted by atomic mass is 16.5. The molecular weight excluding hydrogens is 226 g/mol. The second-order valence-corrected chi connectivity index (χ2v) is 4.45. The van der Waals surface area contributed by atoms with Crippen LogP contribution >= 0.6 is 0 Å². The molecular formula is C15H23NO2. The van der Waals surface area contributed by atoms with Gasteiger partial charge in [-0.1, -0.05) is 57.0 Å². The zero-order valence-electron chi connectivity index (χ0n) is 11.5. The molecule has 1 unspecified atom stereocenters. The molecule has 0 saturated carbocycles. The van der Waals surface area contributed by atoms with Gasteiger partial charge in [0.05, 0.1) is 0 Å². The van der Waals surface area contributed by atoms with E-state index in [2.05, 4.69) is 19.2 Å². The molecule has 0 aliphatic rings. The average molecular weight is 249 g/mol. The zero-order chi connectivity index (χ0) is 13.4. The highest BCUT2D eigenvalue weighted by Crippen LogP contribution is 2.16. The molecule has 1 aromatic carbocycles. The van der Waals surface area contributed by atoms with Crippen molar-refractivity contribution >= 4 is 5.91 Å². The largest absolute Gasteiger partial charge is 0.367 e. The molecule has 1 amide bonds. The van der Waals surface area contributed by atoms with Gasteiger partial charge in [-0.25, -0.2) is 0 Å². The monoisotopic (exact) mass is 249 g/mol. The van der Waals surface area contributed by atoms with Crippen molar-refractivity contribution in [1.82, 2.24) is 5.32 Å². The summed E-state index contributed by atoms with van der Waals surface area (Å²) in [6.45, 7) is 5.01. The van der Waals surface area contributed by atoms with Gasteiger partial charge in [-0.3, -0.25) is 4.79 Å². The first-order valence-corrected chi connectivity index (χ1v) is 6.58. The third-order valence-corrected chi connectivity index (χ3v) is 3.30. The first kappa shape index (κ1) is 14.7. The predicted octanol–water partition coefficient (Wildman–Crippen LogP) is 2.93. The molecule has 18 heavy (non-hydrogen) atoms. The molecule has 0 aliphatic heterocycles. The molecule has 0 spiro atoms. The number of ether oxygens (including phenoxy) is 1. The van der Waals surface area contributed by atoms with Crippen molar-refractivity contribution in [2.24, 2.45) is 5.92 Å². The van der Waals surface area contributed by atoms with Crippen molar-refractivity contribution in [2.45, 2.75) is 32.8 Å². The van der Waals surface area contributed by atoms with Crippen molar-refractivity contribution < 1.29 is 9.53 Å². The third-order valence-electron chi connectivity index (χ3n) is 3.30. The lowest BCUT2D eigenvalue weighted by Crippen LogP contribution is -2.33. The molecule has 0 radical (unpaired) electrons. The van der Waals surface area contributed by atoms with E-state index < -0.39 is 6.10 Å². The highest BCUT2D eigenvalue weighted by molar-refractivity contribution is 5.82. The number of amides is 1. The number of methoxy groups -OCH3 is 1. The smallest absolute Gasteiger partial charge is 0.253 e. The minimum absolute atomic E-state index is 0.0596. The Morgan fingerprint density at radius 2 is 1.83 bits per heavy atom. The van der Waals surface area contributed by atoms with E-state index in [1.54, 1.807) is 7.11 Å². The summed E-state index contributed by atoms with van der Waals surface area (Å²) in [4.78, 5) is 12.1. The standard InChI is InChI=1S/C15H23NO2/c1-4-12(5-2)11-16-15(17)14(18-3)13-9-7-6-8-10-13/h6-10,12,14H,4-5,11H2,1-3H3,(H,16,17). The summed E-state index contributed by atoms with van der Waals surface area (Å²) in [5, 5.41) is 2.97. The minimum Gasteiger partial charge on any atom is -0.367 e. The van der Waals surface area contributed by atoms with Crippen LogP contribution in [0.3, 0.4) is 0 Å². The maximum Gasteiger partial charge on any atom is 0.253 e. The number of rotatable bonds is 7. The van der Waals surface area contributed by atoms with Crippen LogP contribution in [0.1, 0.15) is 38.4 Å². The summed E-state index contributed by atoms with van der Waals surface area (Å²) in [5.74, 6) is 0.484. The molecule has 0 heterocycles. The maximum atomic E-state index is 12.1. The van der Waals surface area contributed by atoms with Crippen LogP contribution in [0.5, 0.6) is 0 Å². The average Bonchev–Trinajstić information content (AvgIpc) is 2.42. The van der Waals surface area contributed by atoms with E-state index in [9.17, 15) is 4.79 Å². The molecule has 0 aromatic heterocycles. The topological polar surface area (TPSA) is 38.3 Å². The number of nitrogens with one attached hydrogen (secondary N) is 1. The van der Waals surface area contributed by atoms with Gasteiger partial charge in [-0.2, -0.15) is 0 Å². The lowest BCUT2D eigenvalue weighted by molar-refractivity contribution is -0.131. The second kappa shape index (κ2) is 7.88. The van der Waals surface area contributed by atoms with Gasteiger partial charge in [0.15, 0.2) is 6.10 Å². The number of carbonyl (C=O) groups is 1. The normalized spacial score (nSPS) is 12.4. The fraction of sp³-hybridized carbons (Fsp3) is 0.533. The molecule has 1 atom stereocenters. The SMILES string of the molecule is CCC(CC)CNC(=O)C(OC)c1ccccc1. The van der Waals surface area contributed by atoms with E-state index in [1.165, 1.54) is 0 Å². The minimum atomic E-state index is -0.513. The predicted molar refractivity (Wildman–Crippen MR) is 73.3 cm³/mol. The molecule has 3 nitrogen and oxygen atoms in total. The van der Waals surface area contributed by atoms with Crippen molar-refractivity contribution in [3.8, 4) is 0 Å². The highest BCUT2D eigenvalue weighted by Gasteiger charge is 2.19. The molecule has 0 fully saturated rings. The van der Waals surface area contributed by atoms with Gasteiger partial charge in [0.25, 0.3) is 5.91 Å². The summed E-state index contributed by atoms with van der Waals surface area (Å²) >= 11 is 0. The summed E-state index contributed by atoms with van der Waals surface area (Å²) in [6, 6.07) is 9.57. The van der Waals surface area contributed by atoms with Crippen molar-refractivity contribution in [3.63, 3.8) is 0 Å². The lowest BCUT2D eigenvalue weighted by atomic mass is 10.0. The Bertz CT molecular complexity index is 347. The van der Waals surface area contributed by atoms with Crippen LogP contribution in [-0.4, -0.2) is 19.6 Å². The quantitative estimate of drug-likeness (QED) is 0.807. The molecule has 3 heteroatoms. The summed E-state index contributed by atoms with van der Waals surface area (Å²) in [7, 11) is 1.56. The van der Waals surface area contributed by atoms with Crippen LogP contribution in [0.4, 0.5) is 0 Å². The van der Waals surface area contributed by atoms with E-state index in [-0.39, 0.29) is 5.91 Å². The van der Waals surface area contributed by atoms with E-state index in [1.807, 2.05) is 30.3 Å². The van der Waals surface area contributed by atoms with E-state index in [0.29, 0.717) is 5.92 Å².